The first-order chi connectivity index (χ1) is 16.5. The van der Waals surface area contributed by atoms with Crippen LogP contribution in [0, 0.1) is 6.92 Å². The second kappa shape index (κ2) is 9.03. The van der Waals surface area contributed by atoms with Crippen LogP contribution >= 0.6 is 0 Å². The van der Waals surface area contributed by atoms with E-state index >= 15 is 0 Å². The number of pyridine rings is 1. The molecular formula is C27H23N3O3S. The third-order valence-corrected chi connectivity index (χ3v) is 6.69. The number of nitrogens with one attached hydrogen (secondary N) is 1. The third-order valence-electron chi connectivity index (χ3n) is 5.43. The number of benzene rings is 3. The summed E-state index contributed by atoms with van der Waals surface area (Å²) in [6.45, 7) is 2.64. The minimum Gasteiger partial charge on any atom is -0.379 e. The van der Waals surface area contributed by atoms with E-state index in [0.29, 0.717) is 12.2 Å². The average molecular weight is 470 g/mol. The molecule has 2 heterocycles. The molecule has 1 N–H and O–H groups in total. The highest BCUT2D eigenvalue weighted by Gasteiger charge is 2.18. The van der Waals surface area contributed by atoms with Gasteiger partial charge in [-0.25, -0.2) is 4.98 Å². The Hall–Kier alpha value is -4.10. The lowest BCUT2D eigenvalue weighted by atomic mass is 10.1. The van der Waals surface area contributed by atoms with E-state index in [4.69, 9.17) is 9.17 Å². The lowest BCUT2D eigenvalue weighted by molar-refractivity contribution is 0.486. The van der Waals surface area contributed by atoms with Crippen LogP contribution in [0.1, 0.15) is 11.1 Å². The topological polar surface area (TPSA) is 72.7 Å². The largest absolute Gasteiger partial charge is 0.379 e. The number of hydrogen-bond acceptors (Lipinski definition) is 5. The van der Waals surface area contributed by atoms with Gasteiger partial charge >= 0.3 is 10.1 Å². The van der Waals surface area contributed by atoms with Gasteiger partial charge in [-0.3, -0.25) is 4.40 Å². The number of nitrogens with zero attached hydrogens (tertiary/aromatic N) is 2. The van der Waals surface area contributed by atoms with Crippen molar-refractivity contribution in [2.45, 2.75) is 18.4 Å². The molecular weight excluding hydrogens is 446 g/mol. The molecule has 5 aromatic rings. The molecule has 0 saturated heterocycles. The van der Waals surface area contributed by atoms with E-state index in [1.807, 2.05) is 53.9 Å². The predicted molar refractivity (Wildman–Crippen MR) is 133 cm³/mol. The molecule has 0 amide bonds. The Morgan fingerprint density at radius 1 is 0.882 bits per heavy atom. The summed E-state index contributed by atoms with van der Waals surface area (Å²) >= 11 is 0. The highest BCUT2D eigenvalue weighted by molar-refractivity contribution is 7.87. The lowest BCUT2D eigenvalue weighted by Gasteiger charge is -2.11. The molecule has 0 unspecified atom stereocenters. The maximum atomic E-state index is 12.7. The van der Waals surface area contributed by atoms with Gasteiger partial charge in [0.15, 0.2) is 0 Å². The number of rotatable bonds is 7. The fourth-order valence-corrected chi connectivity index (χ4v) is 4.70. The Kier molecular flexibility index (Phi) is 5.77. The maximum Gasteiger partial charge on any atom is 0.339 e. The van der Waals surface area contributed by atoms with Gasteiger partial charge in [0.1, 0.15) is 27.8 Å². The van der Waals surface area contributed by atoms with Crippen molar-refractivity contribution in [1.82, 2.24) is 9.38 Å². The quantitative estimate of drug-likeness (QED) is 0.310. The summed E-state index contributed by atoms with van der Waals surface area (Å²) in [5.41, 5.74) is 4.50. The highest BCUT2D eigenvalue weighted by atomic mass is 32.2. The Morgan fingerprint density at radius 3 is 2.38 bits per heavy atom. The summed E-state index contributed by atoms with van der Waals surface area (Å²) in [5, 5.41) is 3.51. The SMILES string of the molecule is Cc1ccn2c(NCc3ccccc3)c(-c3cccc(OS(=O)(=O)c4ccccc4)c3)nc2c1. The summed E-state index contributed by atoms with van der Waals surface area (Å²) in [5.74, 6) is 1.05. The minimum atomic E-state index is -3.94. The zero-order valence-corrected chi connectivity index (χ0v) is 19.4. The van der Waals surface area contributed by atoms with Crippen LogP contribution < -0.4 is 9.50 Å². The van der Waals surface area contributed by atoms with Crippen molar-refractivity contribution in [2.24, 2.45) is 0 Å². The zero-order valence-electron chi connectivity index (χ0n) is 18.5. The summed E-state index contributed by atoms with van der Waals surface area (Å²) in [7, 11) is -3.94. The Labute approximate surface area is 198 Å². The Balaban J connectivity index is 1.52. The molecule has 0 aliphatic carbocycles. The van der Waals surface area contributed by atoms with Gasteiger partial charge in [0, 0.05) is 18.3 Å². The van der Waals surface area contributed by atoms with Crippen LogP contribution in [0.3, 0.4) is 0 Å². The first-order valence-electron chi connectivity index (χ1n) is 10.9. The second-order valence-corrected chi connectivity index (χ2v) is 9.51. The molecule has 7 heteroatoms. The molecule has 0 fully saturated rings. The highest BCUT2D eigenvalue weighted by Crippen LogP contribution is 2.32. The van der Waals surface area contributed by atoms with E-state index in [9.17, 15) is 8.42 Å². The molecule has 0 saturated carbocycles. The number of aromatic nitrogens is 2. The molecule has 0 radical (unpaired) electrons. The molecule has 0 aliphatic rings. The van der Waals surface area contributed by atoms with E-state index in [1.54, 1.807) is 36.4 Å². The average Bonchev–Trinajstić information content (AvgIpc) is 3.21. The standard InChI is InChI=1S/C27H23N3O3S/c1-20-15-16-30-25(17-20)29-26(27(30)28-19-21-9-4-2-5-10-21)22-11-8-12-23(18-22)33-34(31,32)24-13-6-3-7-14-24/h2-18,28H,19H2,1H3. The van der Waals surface area contributed by atoms with Gasteiger partial charge in [-0.15, -0.1) is 0 Å². The van der Waals surface area contributed by atoms with E-state index in [1.165, 1.54) is 12.1 Å². The van der Waals surface area contributed by atoms with E-state index in [-0.39, 0.29) is 10.6 Å². The smallest absolute Gasteiger partial charge is 0.339 e. The van der Waals surface area contributed by atoms with E-state index in [2.05, 4.69) is 17.4 Å². The van der Waals surface area contributed by atoms with Crippen LogP contribution in [-0.2, 0) is 16.7 Å². The number of imidazole rings is 1. The van der Waals surface area contributed by atoms with E-state index in [0.717, 1.165) is 28.2 Å². The van der Waals surface area contributed by atoms with Gasteiger partial charge < -0.3 is 9.50 Å². The molecule has 5 rings (SSSR count). The van der Waals surface area contributed by atoms with Gasteiger partial charge in [0.25, 0.3) is 0 Å². The number of hydrogen-bond donors (Lipinski definition) is 1. The normalized spacial score (nSPS) is 11.4. The monoisotopic (exact) mass is 469 g/mol. The molecule has 0 spiro atoms. The van der Waals surface area contributed by atoms with Crippen LogP contribution in [0.5, 0.6) is 5.75 Å². The van der Waals surface area contributed by atoms with Crippen LogP contribution in [-0.4, -0.2) is 17.8 Å². The second-order valence-electron chi connectivity index (χ2n) is 7.96. The van der Waals surface area contributed by atoms with Crippen molar-refractivity contribution < 1.29 is 12.6 Å². The van der Waals surface area contributed by atoms with Gasteiger partial charge in [0.05, 0.1) is 0 Å². The van der Waals surface area contributed by atoms with Crippen LogP contribution in [0.4, 0.5) is 5.82 Å². The predicted octanol–water partition coefficient (Wildman–Crippen LogP) is 5.69. The first kappa shape index (κ1) is 21.7. The molecule has 34 heavy (non-hydrogen) atoms. The molecule has 170 valence electrons. The van der Waals surface area contributed by atoms with Crippen molar-refractivity contribution in [1.29, 1.82) is 0 Å². The lowest BCUT2D eigenvalue weighted by Crippen LogP contribution is -2.09. The van der Waals surface area contributed by atoms with Gasteiger partial charge in [-0.2, -0.15) is 8.42 Å². The van der Waals surface area contributed by atoms with Crippen LogP contribution in [0.2, 0.25) is 0 Å². The number of anilines is 1. The molecule has 2 aromatic heterocycles. The summed E-state index contributed by atoms with van der Waals surface area (Å²) in [6.07, 6.45) is 1.98. The molecule has 0 atom stereocenters. The molecule has 3 aromatic carbocycles. The van der Waals surface area contributed by atoms with Crippen molar-refractivity contribution in [3.8, 4) is 17.0 Å². The van der Waals surface area contributed by atoms with E-state index < -0.39 is 10.1 Å². The summed E-state index contributed by atoms with van der Waals surface area (Å²) in [4.78, 5) is 4.95. The van der Waals surface area contributed by atoms with Crippen molar-refractivity contribution in [2.75, 3.05) is 5.32 Å². The summed E-state index contributed by atoms with van der Waals surface area (Å²) < 4.78 is 32.8. The summed E-state index contributed by atoms with van der Waals surface area (Å²) in [6, 6.07) is 29.2. The minimum absolute atomic E-state index is 0.105. The fraction of sp³-hybridized carbons (Fsp3) is 0.0741. The van der Waals surface area contributed by atoms with Crippen molar-refractivity contribution in [3.05, 3.63) is 114 Å². The molecule has 0 aliphatic heterocycles. The fourth-order valence-electron chi connectivity index (χ4n) is 3.76. The van der Waals surface area contributed by atoms with Crippen molar-refractivity contribution in [3.63, 3.8) is 0 Å². The maximum absolute atomic E-state index is 12.7. The zero-order chi connectivity index (χ0) is 23.5. The van der Waals surface area contributed by atoms with Gasteiger partial charge in [0.2, 0.25) is 0 Å². The van der Waals surface area contributed by atoms with Gasteiger partial charge in [-0.1, -0.05) is 60.7 Å². The molecule has 0 bridgehead atoms. The Bertz CT molecular complexity index is 1550. The number of aryl methyl sites for hydroxylation is 1. The molecule has 6 nitrogen and oxygen atoms in total. The first-order valence-corrected chi connectivity index (χ1v) is 12.3. The van der Waals surface area contributed by atoms with Crippen molar-refractivity contribution >= 4 is 21.6 Å². The van der Waals surface area contributed by atoms with Crippen LogP contribution in [0.15, 0.2) is 108 Å². The van der Waals surface area contributed by atoms with Gasteiger partial charge in [-0.05, 0) is 54.4 Å². The Morgan fingerprint density at radius 2 is 1.62 bits per heavy atom. The number of fused-ring (bicyclic) bond motifs is 1. The van der Waals surface area contributed by atoms with Crippen LogP contribution in [0.25, 0.3) is 16.9 Å². The third kappa shape index (κ3) is 4.51.